The summed E-state index contributed by atoms with van der Waals surface area (Å²) in [5, 5.41) is 5.60. The Morgan fingerprint density at radius 2 is 1.74 bits per heavy atom. The largest absolute Gasteiger partial charge is 0.433 e. The number of nitrogens with two attached hydrogens (primary N) is 1. The van der Waals surface area contributed by atoms with Gasteiger partial charge in [0, 0.05) is 31.6 Å². The smallest absolute Gasteiger partial charge is 0.319 e. The number of hydrogen-bond donors (Lipinski definition) is 3. The van der Waals surface area contributed by atoms with Gasteiger partial charge >= 0.3 is 6.18 Å². The van der Waals surface area contributed by atoms with Crippen molar-refractivity contribution in [2.75, 3.05) is 0 Å². The second-order valence-corrected chi connectivity index (χ2v) is 9.99. The molecule has 1 aromatic rings. The summed E-state index contributed by atoms with van der Waals surface area (Å²) in [6, 6.07) is 2.94. The normalized spacial score (nSPS) is 33.0. The average Bonchev–Trinajstić information content (AvgIpc) is 3.05. The van der Waals surface area contributed by atoms with E-state index in [2.05, 4.69) is 25.6 Å². The average molecular weight is 492 g/mol. The van der Waals surface area contributed by atoms with Gasteiger partial charge in [0.05, 0.1) is 6.04 Å². The molecule has 0 saturated heterocycles. The zero-order chi connectivity index (χ0) is 24.6. The number of guanidine groups is 1. The number of hydrogen-bond acceptors (Lipinski definition) is 4. The highest BCUT2D eigenvalue weighted by Gasteiger charge is 2.62. The third-order valence-electron chi connectivity index (χ3n) is 7.08. The fraction of sp³-hybridized carbons (Fsp3) is 0.667. The fourth-order valence-corrected chi connectivity index (χ4v) is 5.55. The van der Waals surface area contributed by atoms with Crippen molar-refractivity contribution < 1.29 is 30.7 Å². The molecule has 4 aliphatic rings. The lowest BCUT2D eigenvalue weighted by Crippen LogP contribution is -2.67. The summed E-state index contributed by atoms with van der Waals surface area (Å²) in [6.45, 7) is 0. The quantitative estimate of drug-likeness (QED) is 0.557. The zero-order valence-electron chi connectivity index (χ0n) is 17.9. The fourth-order valence-electron chi connectivity index (χ4n) is 5.55. The highest BCUT2D eigenvalue weighted by atomic mass is 19.4. The molecule has 0 radical (unpaired) electrons. The Morgan fingerprint density at radius 1 is 1.03 bits per heavy atom. The van der Waals surface area contributed by atoms with Gasteiger partial charge in [-0.3, -0.25) is 5.73 Å². The molecular weight excluding hydrogens is 469 g/mol. The first-order valence-corrected chi connectivity index (χ1v) is 11.0. The molecule has 0 aromatic carbocycles. The zero-order valence-corrected chi connectivity index (χ0v) is 17.9. The van der Waals surface area contributed by atoms with E-state index < -0.39 is 47.3 Å². The molecule has 3 aliphatic carbocycles. The number of alkyl halides is 7. The maximum absolute atomic E-state index is 13.9. The summed E-state index contributed by atoms with van der Waals surface area (Å²) in [5.41, 5.74) is 4.62. The van der Waals surface area contributed by atoms with Crippen LogP contribution in [0.1, 0.15) is 56.3 Å². The van der Waals surface area contributed by atoms with Gasteiger partial charge in [-0.15, -0.1) is 0 Å². The van der Waals surface area contributed by atoms with Crippen LogP contribution in [0.4, 0.5) is 30.7 Å². The molecule has 3 saturated carbocycles. The topological polar surface area (TPSA) is 87.7 Å². The van der Waals surface area contributed by atoms with Gasteiger partial charge in [0.1, 0.15) is 11.4 Å². The van der Waals surface area contributed by atoms with Gasteiger partial charge < -0.3 is 10.6 Å². The molecule has 34 heavy (non-hydrogen) atoms. The van der Waals surface area contributed by atoms with Gasteiger partial charge in [-0.25, -0.2) is 32.5 Å². The van der Waals surface area contributed by atoms with Crippen LogP contribution >= 0.6 is 0 Å². The van der Waals surface area contributed by atoms with Crippen LogP contribution in [0, 0.1) is 11.3 Å². The monoisotopic (exact) mass is 492 g/mol. The van der Waals surface area contributed by atoms with E-state index in [1.54, 1.807) is 0 Å². The predicted octanol–water partition coefficient (Wildman–Crippen LogP) is 4.02. The van der Waals surface area contributed by atoms with Crippen LogP contribution in [-0.4, -0.2) is 40.5 Å². The second kappa shape index (κ2) is 7.28. The molecule has 1 aromatic heterocycles. The van der Waals surface area contributed by atoms with Crippen LogP contribution < -0.4 is 16.4 Å². The molecule has 1 aliphatic heterocycles. The van der Waals surface area contributed by atoms with Gasteiger partial charge in [-0.2, -0.15) is 13.2 Å². The molecule has 0 bridgehead atoms. The van der Waals surface area contributed by atoms with Crippen molar-refractivity contribution in [2.24, 2.45) is 27.1 Å². The number of rotatable bonds is 3. The Balaban J connectivity index is 1.43. The first-order valence-electron chi connectivity index (χ1n) is 11.0. The maximum Gasteiger partial charge on any atom is 0.433 e. The molecular formula is C21H23F7N6. The van der Waals surface area contributed by atoms with Crippen molar-refractivity contribution >= 4 is 11.8 Å². The van der Waals surface area contributed by atoms with Crippen molar-refractivity contribution in [1.82, 2.24) is 15.6 Å². The Bertz CT molecular complexity index is 1040. The standard InChI is InChI=1S/C21H23F7N6/c22-18(23)5-4-11(6-18)21(29)33-15(13-2-1-3-14(31-13)20(26,27)28)32-16(34-21)30-12-7-17(8-12)9-19(24,25)10-17/h1-3,11-12H,4-10,29H2,(H2,30,32,33,34). The van der Waals surface area contributed by atoms with Crippen molar-refractivity contribution in [3.63, 3.8) is 0 Å². The number of pyridine rings is 1. The number of amidine groups is 1. The molecule has 13 heteroatoms. The minimum absolute atomic E-state index is 0.0489. The van der Waals surface area contributed by atoms with Crippen molar-refractivity contribution in [1.29, 1.82) is 0 Å². The van der Waals surface area contributed by atoms with Crippen LogP contribution in [0.25, 0.3) is 0 Å². The number of nitrogens with zero attached hydrogens (tertiary/aromatic N) is 3. The SMILES string of the molecule is NC1(C2CCC(F)(F)C2)N=C(c2cccc(C(F)(F)F)n2)NC(=NC2CC3(C2)CC(F)(F)C3)N1. The summed E-state index contributed by atoms with van der Waals surface area (Å²) in [5.74, 6) is -8.23. The van der Waals surface area contributed by atoms with E-state index in [0.29, 0.717) is 12.8 Å². The van der Waals surface area contributed by atoms with Crippen LogP contribution in [-0.2, 0) is 6.18 Å². The van der Waals surface area contributed by atoms with Gasteiger partial charge in [-0.05, 0) is 36.8 Å². The minimum atomic E-state index is -4.70. The lowest BCUT2D eigenvalue weighted by atomic mass is 9.52. The number of aromatic nitrogens is 1. The summed E-state index contributed by atoms with van der Waals surface area (Å²) < 4.78 is 93.9. The maximum atomic E-state index is 13.9. The first kappa shape index (κ1) is 23.3. The van der Waals surface area contributed by atoms with E-state index in [-0.39, 0.29) is 49.2 Å². The Morgan fingerprint density at radius 3 is 2.32 bits per heavy atom. The molecule has 4 N–H and O–H groups in total. The highest BCUT2D eigenvalue weighted by Crippen LogP contribution is 2.63. The lowest BCUT2D eigenvalue weighted by molar-refractivity contribution is -0.194. The van der Waals surface area contributed by atoms with E-state index in [1.165, 1.54) is 6.07 Å². The highest BCUT2D eigenvalue weighted by molar-refractivity contribution is 6.09. The van der Waals surface area contributed by atoms with E-state index in [9.17, 15) is 30.7 Å². The Kier molecular flexibility index (Phi) is 4.99. The molecule has 3 fully saturated rings. The second-order valence-electron chi connectivity index (χ2n) is 9.99. The van der Waals surface area contributed by atoms with E-state index >= 15 is 0 Å². The van der Waals surface area contributed by atoms with Crippen molar-refractivity contribution in [2.45, 2.75) is 74.8 Å². The summed E-state index contributed by atoms with van der Waals surface area (Å²) in [7, 11) is 0. The summed E-state index contributed by atoms with van der Waals surface area (Å²) in [6.07, 6.45) is -5.09. The van der Waals surface area contributed by atoms with Gasteiger partial charge in [0.15, 0.2) is 17.6 Å². The molecule has 0 amide bonds. The van der Waals surface area contributed by atoms with Crippen molar-refractivity contribution in [3.8, 4) is 0 Å². The number of halogens is 7. The third-order valence-corrected chi connectivity index (χ3v) is 7.08. The Hall–Kier alpha value is -2.44. The van der Waals surface area contributed by atoms with E-state index in [4.69, 9.17) is 5.73 Å². The van der Waals surface area contributed by atoms with Gasteiger partial charge in [0.2, 0.25) is 11.8 Å². The molecule has 5 rings (SSSR count). The lowest BCUT2D eigenvalue weighted by Gasteiger charge is -2.56. The predicted molar refractivity (Wildman–Crippen MR) is 108 cm³/mol. The molecule has 6 nitrogen and oxygen atoms in total. The van der Waals surface area contributed by atoms with E-state index in [0.717, 1.165) is 12.1 Å². The van der Waals surface area contributed by atoms with E-state index in [1.807, 2.05) is 0 Å². The van der Waals surface area contributed by atoms with Crippen LogP contribution in [0.15, 0.2) is 28.2 Å². The Labute approximate surface area is 190 Å². The molecule has 2 unspecified atom stereocenters. The van der Waals surface area contributed by atoms with Gasteiger partial charge in [-0.1, -0.05) is 6.07 Å². The van der Waals surface area contributed by atoms with Crippen LogP contribution in [0.2, 0.25) is 0 Å². The molecule has 186 valence electrons. The summed E-state index contributed by atoms with van der Waals surface area (Å²) in [4.78, 5) is 12.3. The number of aliphatic imine (C=N–C) groups is 2. The van der Waals surface area contributed by atoms with Crippen molar-refractivity contribution in [3.05, 3.63) is 29.6 Å². The van der Waals surface area contributed by atoms with Gasteiger partial charge in [0.25, 0.3) is 0 Å². The first-order chi connectivity index (χ1) is 15.7. The number of nitrogens with one attached hydrogen (secondary N) is 2. The van der Waals surface area contributed by atoms with Crippen LogP contribution in [0.5, 0.6) is 0 Å². The third kappa shape index (κ3) is 4.34. The summed E-state index contributed by atoms with van der Waals surface area (Å²) >= 11 is 0. The molecule has 2 heterocycles. The molecule has 2 atom stereocenters. The van der Waals surface area contributed by atoms with Crippen LogP contribution in [0.3, 0.4) is 0 Å². The minimum Gasteiger partial charge on any atom is -0.319 e. The molecule has 1 spiro atoms.